The molecule has 5 nitrogen and oxygen atoms in total. The van der Waals surface area contributed by atoms with Gasteiger partial charge in [0.05, 0.1) is 11.1 Å². The predicted molar refractivity (Wildman–Crippen MR) is 74.8 cm³/mol. The maximum atomic E-state index is 12.6. The van der Waals surface area contributed by atoms with E-state index in [1.54, 1.807) is 24.3 Å². The molecule has 1 aromatic rings. The van der Waals surface area contributed by atoms with Crippen LogP contribution in [0, 0.1) is 5.41 Å². The van der Waals surface area contributed by atoms with Crippen LogP contribution in [0.5, 0.6) is 0 Å². The van der Waals surface area contributed by atoms with Crippen LogP contribution < -0.4 is 16.0 Å². The molecule has 102 valence electrons. The average Bonchev–Trinajstić information content (AvgIpc) is 2.42. The third kappa shape index (κ3) is 2.16. The Morgan fingerprint density at radius 2 is 1.79 bits per heavy atom. The minimum atomic E-state index is -0.505. The number of rotatable bonds is 3. The Morgan fingerprint density at radius 1 is 1.21 bits per heavy atom. The van der Waals surface area contributed by atoms with E-state index in [1.165, 1.54) is 4.90 Å². The van der Waals surface area contributed by atoms with Gasteiger partial charge in [0.15, 0.2) is 0 Å². The van der Waals surface area contributed by atoms with Gasteiger partial charge >= 0.3 is 6.03 Å². The summed E-state index contributed by atoms with van der Waals surface area (Å²) in [4.78, 5) is 25.8. The van der Waals surface area contributed by atoms with Crippen molar-refractivity contribution in [1.29, 1.82) is 0 Å². The fourth-order valence-corrected chi connectivity index (χ4v) is 2.39. The summed E-state index contributed by atoms with van der Waals surface area (Å²) in [7, 11) is 0. The summed E-state index contributed by atoms with van der Waals surface area (Å²) in [5, 5.41) is 2.80. The molecule has 19 heavy (non-hydrogen) atoms. The number of nitrogens with one attached hydrogen (secondary N) is 1. The monoisotopic (exact) mass is 261 g/mol. The molecular formula is C14H19N3O2. The van der Waals surface area contributed by atoms with Crippen LogP contribution in [0.1, 0.15) is 26.7 Å². The summed E-state index contributed by atoms with van der Waals surface area (Å²) in [5.41, 5.74) is 6.28. The molecule has 1 heterocycles. The highest BCUT2D eigenvalue weighted by Crippen LogP contribution is 2.33. The van der Waals surface area contributed by atoms with E-state index in [0.717, 1.165) is 0 Å². The van der Waals surface area contributed by atoms with Crippen LogP contribution in [-0.2, 0) is 4.79 Å². The summed E-state index contributed by atoms with van der Waals surface area (Å²) in [6, 6.07) is 6.38. The fraction of sp³-hybridized carbons (Fsp3) is 0.429. The van der Waals surface area contributed by atoms with Crippen LogP contribution in [0.3, 0.4) is 0 Å². The molecule has 0 spiro atoms. The van der Waals surface area contributed by atoms with Crippen molar-refractivity contribution in [3.8, 4) is 0 Å². The number of benzene rings is 1. The molecule has 1 fully saturated rings. The molecule has 1 aromatic carbocycles. The Bertz CT molecular complexity index is 492. The lowest BCUT2D eigenvalue weighted by Gasteiger charge is -2.39. The molecule has 3 N–H and O–H groups in total. The van der Waals surface area contributed by atoms with Crippen LogP contribution >= 0.6 is 0 Å². The van der Waals surface area contributed by atoms with Crippen molar-refractivity contribution in [2.45, 2.75) is 26.7 Å². The van der Waals surface area contributed by atoms with Crippen molar-refractivity contribution in [3.63, 3.8) is 0 Å². The van der Waals surface area contributed by atoms with E-state index >= 15 is 0 Å². The number of urea groups is 1. The number of hydrogen-bond donors (Lipinski definition) is 2. The second-order valence-corrected chi connectivity index (χ2v) is 4.88. The normalized spacial score (nSPS) is 18.3. The summed E-state index contributed by atoms with van der Waals surface area (Å²) >= 11 is 0. The number of nitrogens with two attached hydrogens (primary N) is 1. The fourth-order valence-electron chi connectivity index (χ4n) is 2.39. The first-order valence-electron chi connectivity index (χ1n) is 6.52. The van der Waals surface area contributed by atoms with E-state index in [9.17, 15) is 9.59 Å². The van der Waals surface area contributed by atoms with Crippen LogP contribution in [0.25, 0.3) is 0 Å². The van der Waals surface area contributed by atoms with Crippen molar-refractivity contribution in [3.05, 3.63) is 24.3 Å². The van der Waals surface area contributed by atoms with Gasteiger partial charge in [-0.1, -0.05) is 13.8 Å². The Labute approximate surface area is 112 Å². The second-order valence-electron chi connectivity index (χ2n) is 4.88. The molecule has 5 heteroatoms. The molecular weight excluding hydrogens is 242 g/mol. The number of hydrogen-bond acceptors (Lipinski definition) is 3. The molecule has 0 bridgehead atoms. The molecule has 0 atom stereocenters. The first-order chi connectivity index (χ1) is 9.04. The Morgan fingerprint density at radius 3 is 2.32 bits per heavy atom. The first-order valence-corrected chi connectivity index (χ1v) is 6.52. The van der Waals surface area contributed by atoms with E-state index in [0.29, 0.717) is 30.8 Å². The van der Waals surface area contributed by atoms with Gasteiger partial charge in [-0.25, -0.2) is 9.69 Å². The largest absolute Gasteiger partial charge is 0.399 e. The number of imide groups is 1. The number of anilines is 2. The van der Waals surface area contributed by atoms with Crippen molar-refractivity contribution < 1.29 is 9.59 Å². The van der Waals surface area contributed by atoms with Crippen molar-refractivity contribution in [2.24, 2.45) is 5.41 Å². The number of nitrogens with zero attached hydrogens (tertiary/aromatic N) is 1. The Balaban J connectivity index is 2.39. The smallest absolute Gasteiger partial charge is 0.328 e. The van der Waals surface area contributed by atoms with Gasteiger partial charge in [-0.2, -0.15) is 0 Å². The Kier molecular flexibility index (Phi) is 3.46. The first kappa shape index (κ1) is 13.4. The van der Waals surface area contributed by atoms with E-state index in [4.69, 9.17) is 5.73 Å². The van der Waals surface area contributed by atoms with Crippen molar-refractivity contribution >= 4 is 23.3 Å². The van der Waals surface area contributed by atoms with Gasteiger partial charge in [-0.05, 0) is 37.1 Å². The average molecular weight is 261 g/mol. The molecule has 0 aliphatic carbocycles. The van der Waals surface area contributed by atoms with Crippen LogP contribution in [-0.4, -0.2) is 18.5 Å². The van der Waals surface area contributed by atoms with Gasteiger partial charge in [0.1, 0.15) is 0 Å². The molecule has 0 unspecified atom stereocenters. The second kappa shape index (κ2) is 4.91. The minimum Gasteiger partial charge on any atom is -0.399 e. The quantitative estimate of drug-likeness (QED) is 0.818. The van der Waals surface area contributed by atoms with Crippen LogP contribution in [0.4, 0.5) is 16.2 Å². The summed E-state index contributed by atoms with van der Waals surface area (Å²) in [6.45, 7) is 4.35. The zero-order valence-electron chi connectivity index (χ0n) is 11.3. The van der Waals surface area contributed by atoms with Gasteiger partial charge in [0.25, 0.3) is 0 Å². The molecule has 2 rings (SSSR count). The highest BCUT2D eigenvalue weighted by atomic mass is 16.2. The zero-order valence-corrected chi connectivity index (χ0v) is 11.3. The summed E-state index contributed by atoms with van der Waals surface area (Å²) in [5.74, 6) is -0.133. The van der Waals surface area contributed by atoms with Crippen molar-refractivity contribution in [2.75, 3.05) is 17.2 Å². The predicted octanol–water partition coefficient (Wildman–Crippen LogP) is 2.13. The van der Waals surface area contributed by atoms with Gasteiger partial charge in [-0.3, -0.25) is 4.79 Å². The van der Waals surface area contributed by atoms with Gasteiger partial charge < -0.3 is 11.1 Å². The van der Waals surface area contributed by atoms with E-state index in [2.05, 4.69) is 5.32 Å². The highest BCUT2D eigenvalue weighted by molar-refractivity contribution is 6.18. The van der Waals surface area contributed by atoms with E-state index in [1.807, 2.05) is 13.8 Å². The molecule has 1 saturated heterocycles. The highest BCUT2D eigenvalue weighted by Gasteiger charge is 2.45. The standard InChI is InChI=1S/C14H19N3O2/c1-3-14(4-2)9-16-13(19)17(12(14)18)11-7-5-10(15)6-8-11/h5-8H,3-4,9,15H2,1-2H3,(H,16,19). The molecule has 0 aromatic heterocycles. The van der Waals surface area contributed by atoms with Crippen molar-refractivity contribution in [1.82, 2.24) is 5.32 Å². The summed E-state index contributed by atoms with van der Waals surface area (Å²) < 4.78 is 0. The number of carbonyl (C=O) groups excluding carboxylic acids is 2. The summed E-state index contributed by atoms with van der Waals surface area (Å²) in [6.07, 6.45) is 1.40. The molecule has 0 saturated carbocycles. The molecule has 0 radical (unpaired) electrons. The molecule has 1 aliphatic rings. The third-order valence-electron chi connectivity index (χ3n) is 3.94. The minimum absolute atomic E-state index is 0.133. The van der Waals surface area contributed by atoms with Gasteiger partial charge in [0, 0.05) is 12.2 Å². The lowest BCUT2D eigenvalue weighted by atomic mass is 9.79. The third-order valence-corrected chi connectivity index (χ3v) is 3.94. The van der Waals surface area contributed by atoms with E-state index < -0.39 is 5.41 Å². The van der Waals surface area contributed by atoms with Gasteiger partial charge in [0.2, 0.25) is 5.91 Å². The lowest BCUT2D eigenvalue weighted by Crippen LogP contribution is -2.60. The van der Waals surface area contributed by atoms with Crippen LogP contribution in [0.15, 0.2) is 24.3 Å². The maximum Gasteiger partial charge on any atom is 0.328 e. The Hall–Kier alpha value is -2.04. The van der Waals surface area contributed by atoms with Crippen LogP contribution in [0.2, 0.25) is 0 Å². The molecule has 3 amide bonds. The topological polar surface area (TPSA) is 75.4 Å². The molecule has 1 aliphatic heterocycles. The zero-order chi connectivity index (χ0) is 14.0. The van der Waals surface area contributed by atoms with Gasteiger partial charge in [-0.15, -0.1) is 0 Å². The number of nitrogen functional groups attached to an aromatic ring is 1. The van der Waals surface area contributed by atoms with E-state index in [-0.39, 0.29) is 11.9 Å². The number of amides is 3. The lowest BCUT2D eigenvalue weighted by molar-refractivity contribution is -0.128. The number of carbonyl (C=O) groups is 2. The SMILES string of the molecule is CCC1(CC)CNC(=O)N(c2ccc(N)cc2)C1=O. The maximum absolute atomic E-state index is 12.6.